The molecule has 2 aromatic rings. The summed E-state index contributed by atoms with van der Waals surface area (Å²) in [6.07, 6.45) is 5.21. The summed E-state index contributed by atoms with van der Waals surface area (Å²) in [6.45, 7) is 0. The van der Waals surface area contributed by atoms with E-state index in [4.69, 9.17) is 10.4 Å². The van der Waals surface area contributed by atoms with Crippen molar-refractivity contribution in [2.45, 2.75) is 23.3 Å². The first-order chi connectivity index (χ1) is 12.0. The smallest absolute Gasteiger partial charge is 0.238 e. The van der Waals surface area contributed by atoms with Gasteiger partial charge in [0.2, 0.25) is 10.0 Å². The predicted molar refractivity (Wildman–Crippen MR) is 95.3 cm³/mol. The van der Waals surface area contributed by atoms with Crippen LogP contribution in [0.3, 0.4) is 0 Å². The van der Waals surface area contributed by atoms with E-state index in [-0.39, 0.29) is 22.8 Å². The van der Waals surface area contributed by atoms with Crippen LogP contribution in [0.2, 0.25) is 0 Å². The first-order valence-corrected chi connectivity index (χ1v) is 9.62. The number of nitrogens with zero attached hydrogens (tertiary/aromatic N) is 1. The van der Waals surface area contributed by atoms with E-state index < -0.39 is 10.0 Å². The van der Waals surface area contributed by atoms with E-state index in [1.807, 2.05) is 24.3 Å². The SMILES string of the molecule is N#Cc1ccc(C2Nc3ccc(S(N)(=O)=O)cc3C3CC=CC32)cc1. The predicted octanol–water partition coefficient (Wildman–Crippen LogP) is 3.03. The van der Waals surface area contributed by atoms with Crippen molar-refractivity contribution in [3.8, 4) is 6.07 Å². The number of fused-ring (bicyclic) bond motifs is 3. The summed E-state index contributed by atoms with van der Waals surface area (Å²) in [5, 5.41) is 17.8. The lowest BCUT2D eigenvalue weighted by Gasteiger charge is -2.37. The Hall–Kier alpha value is -2.62. The molecule has 1 aliphatic heterocycles. The van der Waals surface area contributed by atoms with Crippen LogP contribution in [-0.2, 0) is 10.0 Å². The Bertz CT molecular complexity index is 1000. The highest BCUT2D eigenvalue weighted by atomic mass is 32.2. The quantitative estimate of drug-likeness (QED) is 0.813. The monoisotopic (exact) mass is 351 g/mol. The second kappa shape index (κ2) is 5.73. The summed E-state index contributed by atoms with van der Waals surface area (Å²) in [6, 6.07) is 14.8. The standard InChI is InChI=1S/C19H17N3O2S/c20-11-12-4-6-13(7-5-12)19-16-3-1-2-15(16)17-10-14(25(21,23)24)8-9-18(17)22-19/h1,3-10,15-16,19,22H,2H2,(H2,21,23,24). The number of benzene rings is 2. The zero-order valence-electron chi connectivity index (χ0n) is 13.4. The Labute approximate surface area is 146 Å². The maximum Gasteiger partial charge on any atom is 0.238 e. The minimum Gasteiger partial charge on any atom is -0.377 e. The van der Waals surface area contributed by atoms with Crippen molar-refractivity contribution in [3.05, 3.63) is 71.3 Å². The van der Waals surface area contributed by atoms with Crippen LogP contribution >= 0.6 is 0 Å². The number of hydrogen-bond acceptors (Lipinski definition) is 4. The summed E-state index contributed by atoms with van der Waals surface area (Å²) in [5.41, 5.74) is 3.68. The lowest BCUT2D eigenvalue weighted by atomic mass is 9.77. The molecule has 25 heavy (non-hydrogen) atoms. The molecule has 0 amide bonds. The molecule has 0 saturated carbocycles. The van der Waals surface area contributed by atoms with E-state index in [2.05, 4.69) is 23.5 Å². The van der Waals surface area contributed by atoms with Crippen LogP contribution in [0.1, 0.15) is 35.1 Å². The minimum atomic E-state index is -3.72. The van der Waals surface area contributed by atoms with Gasteiger partial charge in [0.05, 0.1) is 22.6 Å². The average Bonchev–Trinajstić information content (AvgIpc) is 3.10. The van der Waals surface area contributed by atoms with Gasteiger partial charge in [0.1, 0.15) is 0 Å². The number of nitrogens with two attached hydrogens (primary N) is 1. The fourth-order valence-electron chi connectivity index (χ4n) is 3.84. The summed E-state index contributed by atoms with van der Waals surface area (Å²) < 4.78 is 23.3. The highest BCUT2D eigenvalue weighted by Crippen LogP contribution is 2.50. The number of rotatable bonds is 2. The topological polar surface area (TPSA) is 96.0 Å². The highest BCUT2D eigenvalue weighted by Gasteiger charge is 2.38. The molecule has 0 fully saturated rings. The van der Waals surface area contributed by atoms with Crippen LogP contribution in [0.5, 0.6) is 0 Å². The molecule has 6 heteroatoms. The van der Waals surface area contributed by atoms with Gasteiger partial charge >= 0.3 is 0 Å². The number of primary sulfonamides is 1. The molecule has 5 nitrogen and oxygen atoms in total. The van der Waals surface area contributed by atoms with E-state index in [0.717, 1.165) is 23.2 Å². The molecule has 0 aromatic heterocycles. The molecule has 3 unspecified atom stereocenters. The third kappa shape index (κ3) is 2.72. The van der Waals surface area contributed by atoms with Crippen molar-refractivity contribution in [1.29, 1.82) is 5.26 Å². The maximum atomic E-state index is 11.7. The molecule has 1 aliphatic carbocycles. The Morgan fingerprint density at radius 2 is 1.92 bits per heavy atom. The Morgan fingerprint density at radius 1 is 1.16 bits per heavy atom. The summed E-state index contributed by atoms with van der Waals surface area (Å²) >= 11 is 0. The average molecular weight is 351 g/mol. The Balaban J connectivity index is 1.77. The van der Waals surface area contributed by atoms with E-state index in [1.54, 1.807) is 18.2 Å². The normalized spacial score (nSPS) is 24.1. The van der Waals surface area contributed by atoms with Crippen LogP contribution < -0.4 is 10.5 Å². The maximum absolute atomic E-state index is 11.7. The first-order valence-electron chi connectivity index (χ1n) is 8.07. The third-order valence-electron chi connectivity index (χ3n) is 5.06. The molecule has 3 N–H and O–H groups in total. The fraction of sp³-hybridized carbons (Fsp3) is 0.211. The summed E-state index contributed by atoms with van der Waals surface area (Å²) in [7, 11) is -3.72. The van der Waals surface area contributed by atoms with E-state index in [1.165, 1.54) is 0 Å². The minimum absolute atomic E-state index is 0.0873. The van der Waals surface area contributed by atoms with Crippen molar-refractivity contribution in [3.63, 3.8) is 0 Å². The van der Waals surface area contributed by atoms with Crippen molar-refractivity contribution in [1.82, 2.24) is 0 Å². The van der Waals surface area contributed by atoms with Gasteiger partial charge in [0.25, 0.3) is 0 Å². The largest absolute Gasteiger partial charge is 0.377 e. The molecule has 1 heterocycles. The van der Waals surface area contributed by atoms with Gasteiger partial charge in [-0.25, -0.2) is 13.6 Å². The van der Waals surface area contributed by atoms with Gasteiger partial charge in [-0.1, -0.05) is 24.3 Å². The Morgan fingerprint density at radius 3 is 2.60 bits per heavy atom. The lowest BCUT2D eigenvalue weighted by Crippen LogP contribution is -2.29. The first kappa shape index (κ1) is 15.9. The number of nitrogens with one attached hydrogen (secondary N) is 1. The van der Waals surface area contributed by atoms with Crippen molar-refractivity contribution >= 4 is 15.7 Å². The lowest BCUT2D eigenvalue weighted by molar-refractivity contribution is 0.457. The fourth-order valence-corrected chi connectivity index (χ4v) is 4.39. The van der Waals surface area contributed by atoms with Gasteiger partial charge in [0.15, 0.2) is 0 Å². The van der Waals surface area contributed by atoms with E-state index in [0.29, 0.717) is 5.56 Å². The molecule has 0 radical (unpaired) electrons. The van der Waals surface area contributed by atoms with Gasteiger partial charge < -0.3 is 5.32 Å². The van der Waals surface area contributed by atoms with Crippen LogP contribution in [0.4, 0.5) is 5.69 Å². The van der Waals surface area contributed by atoms with Crippen LogP contribution in [-0.4, -0.2) is 8.42 Å². The zero-order chi connectivity index (χ0) is 17.6. The van der Waals surface area contributed by atoms with Gasteiger partial charge in [-0.2, -0.15) is 5.26 Å². The molecular formula is C19H17N3O2S. The van der Waals surface area contributed by atoms with Crippen molar-refractivity contribution in [2.24, 2.45) is 11.1 Å². The molecule has 2 aromatic carbocycles. The second-order valence-electron chi connectivity index (χ2n) is 6.50. The second-order valence-corrected chi connectivity index (χ2v) is 8.06. The van der Waals surface area contributed by atoms with Crippen molar-refractivity contribution < 1.29 is 8.42 Å². The van der Waals surface area contributed by atoms with Crippen LogP contribution in [0.25, 0.3) is 0 Å². The molecule has 0 bridgehead atoms. The van der Waals surface area contributed by atoms with Gasteiger partial charge in [-0.05, 0) is 53.8 Å². The van der Waals surface area contributed by atoms with Gasteiger partial charge in [0, 0.05) is 11.6 Å². The zero-order valence-corrected chi connectivity index (χ0v) is 14.2. The number of anilines is 1. The summed E-state index contributed by atoms with van der Waals surface area (Å²) in [5.74, 6) is 0.453. The number of sulfonamides is 1. The Kier molecular flexibility index (Phi) is 3.64. The molecule has 3 atom stereocenters. The number of hydrogen-bond donors (Lipinski definition) is 2. The molecule has 4 rings (SSSR count). The summed E-state index contributed by atoms with van der Waals surface area (Å²) in [4.78, 5) is 0.149. The third-order valence-corrected chi connectivity index (χ3v) is 5.97. The molecule has 0 spiro atoms. The van der Waals surface area contributed by atoms with Gasteiger partial charge in [-0.3, -0.25) is 0 Å². The van der Waals surface area contributed by atoms with Gasteiger partial charge in [-0.15, -0.1) is 0 Å². The highest BCUT2D eigenvalue weighted by molar-refractivity contribution is 7.89. The van der Waals surface area contributed by atoms with E-state index >= 15 is 0 Å². The molecule has 2 aliphatic rings. The molecular weight excluding hydrogens is 334 g/mol. The number of allylic oxidation sites excluding steroid dienone is 1. The molecule has 126 valence electrons. The van der Waals surface area contributed by atoms with Crippen LogP contribution in [0, 0.1) is 17.2 Å². The van der Waals surface area contributed by atoms with Crippen molar-refractivity contribution in [2.75, 3.05) is 5.32 Å². The van der Waals surface area contributed by atoms with Crippen LogP contribution in [0.15, 0.2) is 59.5 Å². The number of nitriles is 1. The molecule has 0 saturated heterocycles. The van der Waals surface area contributed by atoms with E-state index in [9.17, 15) is 8.42 Å².